The zero-order valence-electron chi connectivity index (χ0n) is 12.5. The van der Waals surface area contributed by atoms with Gasteiger partial charge in [-0.3, -0.25) is 9.69 Å². The molecule has 1 amide bonds. The molecule has 0 saturated carbocycles. The van der Waals surface area contributed by atoms with E-state index in [0.717, 1.165) is 38.0 Å². The van der Waals surface area contributed by atoms with Gasteiger partial charge in [-0.25, -0.2) is 0 Å². The molecule has 116 valence electrons. The molecular formula is C16H22Cl2N2O. The molecular weight excluding hydrogens is 307 g/mol. The molecule has 21 heavy (non-hydrogen) atoms. The molecule has 1 saturated heterocycles. The highest BCUT2D eigenvalue weighted by molar-refractivity contribution is 6.35. The van der Waals surface area contributed by atoms with Crippen molar-refractivity contribution in [2.75, 3.05) is 13.1 Å². The summed E-state index contributed by atoms with van der Waals surface area (Å²) < 4.78 is 0. The number of piperidine rings is 1. The van der Waals surface area contributed by atoms with E-state index in [2.05, 4.69) is 10.2 Å². The van der Waals surface area contributed by atoms with Crippen LogP contribution in [0, 0.1) is 5.92 Å². The van der Waals surface area contributed by atoms with E-state index >= 15 is 0 Å². The average Bonchev–Trinajstić information content (AvgIpc) is 2.43. The highest BCUT2D eigenvalue weighted by Gasteiger charge is 2.25. The molecule has 0 bridgehead atoms. The summed E-state index contributed by atoms with van der Waals surface area (Å²) in [6.07, 6.45) is 1.78. The minimum absolute atomic E-state index is 0.130. The van der Waals surface area contributed by atoms with E-state index in [1.807, 2.05) is 32.0 Å². The van der Waals surface area contributed by atoms with Gasteiger partial charge in [-0.05, 0) is 51.9 Å². The molecule has 0 unspecified atom stereocenters. The first-order valence-corrected chi connectivity index (χ1v) is 8.18. The Kier molecular flexibility index (Phi) is 5.91. The third kappa shape index (κ3) is 4.60. The highest BCUT2D eigenvalue weighted by atomic mass is 35.5. The molecule has 0 atom stereocenters. The first kappa shape index (κ1) is 16.6. The number of amides is 1. The van der Waals surface area contributed by atoms with E-state index in [9.17, 15) is 4.79 Å². The van der Waals surface area contributed by atoms with Gasteiger partial charge in [0, 0.05) is 34.1 Å². The second-order valence-electron chi connectivity index (χ2n) is 5.91. The van der Waals surface area contributed by atoms with Crippen molar-refractivity contribution >= 4 is 29.1 Å². The summed E-state index contributed by atoms with van der Waals surface area (Å²) in [5, 5.41) is 4.42. The third-order valence-corrected chi connectivity index (χ3v) is 4.54. The zero-order chi connectivity index (χ0) is 15.4. The summed E-state index contributed by atoms with van der Waals surface area (Å²) in [4.78, 5) is 14.3. The van der Waals surface area contributed by atoms with Crippen LogP contribution in [0.15, 0.2) is 18.2 Å². The Balaban J connectivity index is 1.88. The fourth-order valence-electron chi connectivity index (χ4n) is 2.66. The Bertz CT molecular complexity index is 477. The Morgan fingerprint density at radius 3 is 2.38 bits per heavy atom. The molecule has 3 nitrogen and oxygen atoms in total. The van der Waals surface area contributed by atoms with E-state index in [-0.39, 0.29) is 17.9 Å². The summed E-state index contributed by atoms with van der Waals surface area (Å²) >= 11 is 12.4. The minimum Gasteiger partial charge on any atom is -0.354 e. The molecule has 1 aliphatic heterocycles. The van der Waals surface area contributed by atoms with Gasteiger partial charge in [0.2, 0.25) is 5.91 Å². The van der Waals surface area contributed by atoms with Gasteiger partial charge in [0.15, 0.2) is 0 Å². The number of halogens is 2. The van der Waals surface area contributed by atoms with Crippen LogP contribution < -0.4 is 5.32 Å². The molecule has 2 rings (SSSR count). The minimum atomic E-state index is 0.130. The van der Waals surface area contributed by atoms with Gasteiger partial charge < -0.3 is 5.32 Å². The first-order chi connectivity index (χ1) is 9.97. The lowest BCUT2D eigenvalue weighted by molar-refractivity contribution is -0.127. The molecule has 1 aromatic rings. The maximum Gasteiger partial charge on any atom is 0.223 e. The number of carbonyl (C=O) groups is 1. The number of likely N-dealkylation sites (tertiary alicyclic amines) is 1. The molecule has 5 heteroatoms. The van der Waals surface area contributed by atoms with Crippen LogP contribution >= 0.6 is 23.2 Å². The van der Waals surface area contributed by atoms with Crippen LogP contribution in [-0.4, -0.2) is 29.9 Å². The Morgan fingerprint density at radius 2 is 1.86 bits per heavy atom. The first-order valence-electron chi connectivity index (χ1n) is 7.43. The average molecular weight is 329 g/mol. The van der Waals surface area contributed by atoms with Crippen LogP contribution in [0.1, 0.15) is 32.3 Å². The van der Waals surface area contributed by atoms with Crippen LogP contribution in [0.5, 0.6) is 0 Å². The van der Waals surface area contributed by atoms with Crippen molar-refractivity contribution in [3.63, 3.8) is 0 Å². The van der Waals surface area contributed by atoms with Gasteiger partial charge in [-0.2, -0.15) is 0 Å². The summed E-state index contributed by atoms with van der Waals surface area (Å²) in [6.45, 7) is 6.53. The molecule has 0 radical (unpaired) electrons. The maximum absolute atomic E-state index is 12.0. The number of hydrogen-bond acceptors (Lipinski definition) is 2. The van der Waals surface area contributed by atoms with Crippen LogP contribution in [0.3, 0.4) is 0 Å². The zero-order valence-corrected chi connectivity index (χ0v) is 14.0. The van der Waals surface area contributed by atoms with Crippen molar-refractivity contribution in [3.05, 3.63) is 33.8 Å². The molecule has 1 N–H and O–H groups in total. The van der Waals surface area contributed by atoms with Gasteiger partial charge in [-0.15, -0.1) is 0 Å². The standard InChI is InChI=1S/C16H22Cl2N2O/c1-11(2)19-16(21)12-6-8-20(9-7-12)10-13-14(17)4-3-5-15(13)18/h3-5,11-12H,6-10H2,1-2H3,(H,19,21). The molecule has 1 fully saturated rings. The Hall–Kier alpha value is -0.770. The van der Waals surface area contributed by atoms with Crippen molar-refractivity contribution in [1.82, 2.24) is 10.2 Å². The summed E-state index contributed by atoms with van der Waals surface area (Å²) in [5.41, 5.74) is 0.978. The normalized spacial score (nSPS) is 17.2. The van der Waals surface area contributed by atoms with Gasteiger partial charge in [0.05, 0.1) is 0 Å². The molecule has 1 aliphatic rings. The van der Waals surface area contributed by atoms with Gasteiger partial charge in [0.25, 0.3) is 0 Å². The number of nitrogens with one attached hydrogen (secondary N) is 1. The predicted molar refractivity (Wildman–Crippen MR) is 87.7 cm³/mol. The van der Waals surface area contributed by atoms with E-state index in [1.165, 1.54) is 0 Å². The van der Waals surface area contributed by atoms with E-state index in [0.29, 0.717) is 10.0 Å². The lowest BCUT2D eigenvalue weighted by Gasteiger charge is -2.32. The highest BCUT2D eigenvalue weighted by Crippen LogP contribution is 2.27. The molecule has 1 aromatic carbocycles. The lowest BCUT2D eigenvalue weighted by Crippen LogP contribution is -2.42. The van der Waals surface area contributed by atoms with E-state index in [4.69, 9.17) is 23.2 Å². The van der Waals surface area contributed by atoms with Crippen molar-refractivity contribution in [2.45, 2.75) is 39.3 Å². The van der Waals surface area contributed by atoms with E-state index in [1.54, 1.807) is 0 Å². The summed E-state index contributed by atoms with van der Waals surface area (Å²) in [7, 11) is 0. The van der Waals surface area contributed by atoms with Crippen molar-refractivity contribution in [3.8, 4) is 0 Å². The third-order valence-electron chi connectivity index (χ3n) is 3.83. The fourth-order valence-corrected chi connectivity index (χ4v) is 3.18. The second-order valence-corrected chi connectivity index (χ2v) is 6.73. The monoisotopic (exact) mass is 328 g/mol. The molecule has 0 spiro atoms. The lowest BCUT2D eigenvalue weighted by atomic mass is 9.95. The van der Waals surface area contributed by atoms with Crippen molar-refractivity contribution in [2.24, 2.45) is 5.92 Å². The number of rotatable bonds is 4. The number of benzene rings is 1. The summed E-state index contributed by atoms with van der Waals surface area (Å²) in [6, 6.07) is 5.80. The van der Waals surface area contributed by atoms with Gasteiger partial charge in [-0.1, -0.05) is 29.3 Å². The SMILES string of the molecule is CC(C)NC(=O)C1CCN(Cc2c(Cl)cccc2Cl)CC1. The smallest absolute Gasteiger partial charge is 0.223 e. The van der Waals surface area contributed by atoms with Crippen LogP contribution in [0.2, 0.25) is 10.0 Å². The number of nitrogens with zero attached hydrogens (tertiary/aromatic N) is 1. The molecule has 0 aromatic heterocycles. The van der Waals surface area contributed by atoms with Gasteiger partial charge in [0.1, 0.15) is 0 Å². The number of hydrogen-bond donors (Lipinski definition) is 1. The van der Waals surface area contributed by atoms with Crippen LogP contribution in [0.4, 0.5) is 0 Å². The van der Waals surface area contributed by atoms with Crippen molar-refractivity contribution < 1.29 is 4.79 Å². The number of carbonyl (C=O) groups excluding carboxylic acids is 1. The predicted octanol–water partition coefficient (Wildman–Crippen LogP) is 3.73. The molecule has 1 heterocycles. The fraction of sp³-hybridized carbons (Fsp3) is 0.562. The Labute approximate surface area is 136 Å². The topological polar surface area (TPSA) is 32.3 Å². The maximum atomic E-state index is 12.0. The summed E-state index contributed by atoms with van der Waals surface area (Å²) in [5.74, 6) is 0.311. The van der Waals surface area contributed by atoms with E-state index < -0.39 is 0 Å². The largest absolute Gasteiger partial charge is 0.354 e. The van der Waals surface area contributed by atoms with Crippen molar-refractivity contribution in [1.29, 1.82) is 0 Å². The van der Waals surface area contributed by atoms with Crippen LogP contribution in [0.25, 0.3) is 0 Å². The second kappa shape index (κ2) is 7.48. The van der Waals surface area contributed by atoms with Crippen LogP contribution in [-0.2, 0) is 11.3 Å². The quantitative estimate of drug-likeness (QED) is 0.913. The Morgan fingerprint density at radius 1 is 1.29 bits per heavy atom. The van der Waals surface area contributed by atoms with Gasteiger partial charge >= 0.3 is 0 Å². The molecule has 0 aliphatic carbocycles.